The summed E-state index contributed by atoms with van der Waals surface area (Å²) in [6.45, 7) is 1.61. The van der Waals surface area contributed by atoms with E-state index in [0.29, 0.717) is 19.0 Å². The van der Waals surface area contributed by atoms with Crippen LogP contribution in [0.2, 0.25) is 0 Å². The SMILES string of the molecule is N[N+]12C=CN=CC1=C(CC1CCN(C(=O)OCc3ccccc3)CC1)N=C2c1ccc2ccc(-c3ccccc3)nc2c1. The van der Waals surface area contributed by atoms with Gasteiger partial charge in [0.2, 0.25) is 5.70 Å². The third-order valence-electron chi connectivity index (χ3n) is 8.45. The number of piperidine rings is 1. The first-order valence-corrected chi connectivity index (χ1v) is 14.7. The van der Waals surface area contributed by atoms with E-state index in [1.54, 1.807) is 11.1 Å². The summed E-state index contributed by atoms with van der Waals surface area (Å²) < 4.78 is 5.53. The summed E-state index contributed by atoms with van der Waals surface area (Å²) in [5.41, 5.74) is 6.64. The molecule has 4 aromatic rings. The molecule has 4 heterocycles. The van der Waals surface area contributed by atoms with Crippen LogP contribution in [0.3, 0.4) is 0 Å². The van der Waals surface area contributed by atoms with Crippen molar-refractivity contribution >= 4 is 29.0 Å². The first kappa shape index (κ1) is 26.9. The lowest BCUT2D eigenvalue weighted by Crippen LogP contribution is -2.53. The van der Waals surface area contributed by atoms with Gasteiger partial charge in [-0.3, -0.25) is 4.99 Å². The molecule has 0 aliphatic carbocycles. The van der Waals surface area contributed by atoms with Gasteiger partial charge in [0, 0.05) is 24.0 Å². The van der Waals surface area contributed by atoms with Gasteiger partial charge in [0.25, 0.3) is 5.84 Å². The van der Waals surface area contributed by atoms with Crippen molar-refractivity contribution in [3.8, 4) is 11.3 Å². The van der Waals surface area contributed by atoms with Gasteiger partial charge in [-0.1, -0.05) is 72.8 Å². The number of nitrogens with two attached hydrogens (primary N) is 1. The summed E-state index contributed by atoms with van der Waals surface area (Å²) in [5, 5.41) is 1.06. The molecule has 0 spiro atoms. The number of fused-ring (bicyclic) bond motifs is 2. The summed E-state index contributed by atoms with van der Waals surface area (Å²) in [7, 11) is 0. The molecule has 1 saturated heterocycles. The smallest absolute Gasteiger partial charge is 0.410 e. The zero-order valence-electron chi connectivity index (χ0n) is 23.8. The summed E-state index contributed by atoms with van der Waals surface area (Å²) in [6.07, 6.45) is 7.71. The number of pyridine rings is 1. The highest BCUT2D eigenvalue weighted by molar-refractivity contribution is 6.02. The van der Waals surface area contributed by atoms with Crippen molar-refractivity contribution in [1.29, 1.82) is 0 Å². The molecule has 8 nitrogen and oxygen atoms in total. The molecule has 43 heavy (non-hydrogen) atoms. The number of rotatable bonds is 6. The fraction of sp³-hybridized carbons (Fsp3) is 0.200. The van der Waals surface area contributed by atoms with Gasteiger partial charge in [-0.2, -0.15) is 10.8 Å². The van der Waals surface area contributed by atoms with Crippen molar-refractivity contribution in [2.24, 2.45) is 21.7 Å². The summed E-state index contributed by atoms with van der Waals surface area (Å²) in [6, 6.07) is 30.3. The van der Waals surface area contributed by atoms with E-state index in [4.69, 9.17) is 20.6 Å². The highest BCUT2D eigenvalue weighted by Crippen LogP contribution is 2.36. The minimum atomic E-state index is -0.256. The number of carbonyl (C=O) groups is 1. The number of ether oxygens (including phenoxy) is 1. The van der Waals surface area contributed by atoms with Crippen molar-refractivity contribution in [3.05, 3.63) is 126 Å². The van der Waals surface area contributed by atoms with Crippen LogP contribution in [0.25, 0.3) is 22.2 Å². The number of allylic oxidation sites excluding steroid dienone is 2. The Balaban J connectivity index is 1.08. The van der Waals surface area contributed by atoms with E-state index in [1.165, 1.54) is 0 Å². The Morgan fingerprint density at radius 2 is 1.67 bits per heavy atom. The number of hydrogen-bond donors (Lipinski definition) is 1. The summed E-state index contributed by atoms with van der Waals surface area (Å²) >= 11 is 0. The first-order valence-electron chi connectivity index (χ1n) is 14.7. The molecule has 1 amide bonds. The molecule has 7 rings (SSSR count). The van der Waals surface area contributed by atoms with Gasteiger partial charge in [0.15, 0.2) is 0 Å². The van der Waals surface area contributed by atoms with Crippen LogP contribution >= 0.6 is 0 Å². The van der Waals surface area contributed by atoms with Crippen molar-refractivity contribution in [3.63, 3.8) is 0 Å². The number of amidine groups is 1. The number of amides is 1. The van der Waals surface area contributed by atoms with Gasteiger partial charge in [0.05, 0.1) is 29.2 Å². The van der Waals surface area contributed by atoms with Crippen LogP contribution in [0, 0.1) is 5.92 Å². The average molecular weight is 570 g/mol. The maximum atomic E-state index is 12.7. The van der Waals surface area contributed by atoms with E-state index >= 15 is 0 Å². The standard InChI is InChI=1S/C35H33N6O2/c36-41-20-17-37-23-33(41)32(21-25-15-18-40(19-16-25)35(42)43-24-26-7-3-1-4-8-26)39-34(41)29-12-11-28-13-14-30(38-31(28)22-29)27-9-5-2-6-10-27/h1-14,17,20,22-23,25H,15-16,18-19,21,24,36H2/q+1. The Bertz CT molecular complexity index is 1790. The van der Waals surface area contributed by atoms with E-state index in [2.05, 4.69) is 47.5 Å². The molecule has 3 aromatic carbocycles. The van der Waals surface area contributed by atoms with Gasteiger partial charge in [-0.15, -0.1) is 4.59 Å². The quantitative estimate of drug-likeness (QED) is 0.210. The predicted molar refractivity (Wildman–Crippen MR) is 168 cm³/mol. The van der Waals surface area contributed by atoms with Gasteiger partial charge in [-0.05, 0) is 48.9 Å². The molecular weight excluding hydrogens is 536 g/mol. The van der Waals surface area contributed by atoms with E-state index in [-0.39, 0.29) is 17.3 Å². The largest absolute Gasteiger partial charge is 0.445 e. The second-order valence-electron chi connectivity index (χ2n) is 11.3. The first-order chi connectivity index (χ1) is 21.1. The minimum Gasteiger partial charge on any atom is -0.445 e. The number of aromatic nitrogens is 1. The fourth-order valence-electron chi connectivity index (χ4n) is 6.03. The van der Waals surface area contributed by atoms with E-state index in [9.17, 15) is 4.79 Å². The predicted octanol–water partition coefficient (Wildman–Crippen LogP) is 6.56. The van der Waals surface area contributed by atoms with E-state index < -0.39 is 0 Å². The minimum absolute atomic E-state index is 0.0205. The van der Waals surface area contributed by atoms with Crippen molar-refractivity contribution in [1.82, 2.24) is 9.88 Å². The summed E-state index contributed by atoms with van der Waals surface area (Å²) in [4.78, 5) is 29.0. The molecule has 2 N–H and O–H groups in total. The number of carbonyl (C=O) groups excluding carboxylic acids is 1. The van der Waals surface area contributed by atoms with E-state index in [0.717, 1.165) is 69.8 Å². The Hall–Kier alpha value is -4.92. The molecule has 214 valence electrons. The highest BCUT2D eigenvalue weighted by Gasteiger charge is 2.44. The van der Waals surface area contributed by atoms with Crippen LogP contribution in [0.15, 0.2) is 125 Å². The molecule has 0 saturated carbocycles. The normalized spacial score (nSPS) is 19.9. The van der Waals surface area contributed by atoms with Crippen molar-refractivity contribution < 1.29 is 14.1 Å². The molecule has 0 bridgehead atoms. The molecule has 1 unspecified atom stereocenters. The fourth-order valence-corrected chi connectivity index (χ4v) is 6.03. The van der Waals surface area contributed by atoms with Crippen LogP contribution in [0.5, 0.6) is 0 Å². The number of nitrogens with zero attached hydrogens (tertiary/aromatic N) is 5. The monoisotopic (exact) mass is 569 g/mol. The van der Waals surface area contributed by atoms with Crippen LogP contribution < -0.4 is 5.84 Å². The maximum Gasteiger partial charge on any atom is 0.410 e. The second-order valence-corrected chi connectivity index (χ2v) is 11.3. The summed E-state index contributed by atoms with van der Waals surface area (Å²) in [5.74, 6) is 8.16. The molecule has 0 radical (unpaired) electrons. The molecule has 1 aromatic heterocycles. The van der Waals surface area contributed by atoms with Crippen LogP contribution in [-0.4, -0.2) is 45.7 Å². The number of likely N-dealkylation sites (tertiary alicyclic amines) is 1. The Kier molecular flexibility index (Phi) is 7.14. The molecule has 1 atom stereocenters. The molecular formula is C35H33N6O2+. The Morgan fingerprint density at radius 3 is 2.47 bits per heavy atom. The van der Waals surface area contributed by atoms with Crippen LogP contribution in [0.4, 0.5) is 4.79 Å². The molecule has 1 fully saturated rings. The van der Waals surface area contributed by atoms with E-state index in [1.807, 2.05) is 60.9 Å². The number of aliphatic imine (C=N–C) groups is 2. The molecule has 3 aliphatic heterocycles. The molecule has 3 aliphatic rings. The number of hydrogen-bond acceptors (Lipinski definition) is 6. The third kappa shape index (κ3) is 5.38. The highest BCUT2D eigenvalue weighted by atomic mass is 16.6. The average Bonchev–Trinajstić information content (AvgIpc) is 3.36. The zero-order chi connectivity index (χ0) is 29.2. The molecule has 8 heteroatoms. The third-order valence-corrected chi connectivity index (χ3v) is 8.45. The van der Waals surface area contributed by atoms with Gasteiger partial charge in [0.1, 0.15) is 18.5 Å². The Morgan fingerprint density at radius 1 is 0.930 bits per heavy atom. The lowest BCUT2D eigenvalue weighted by Gasteiger charge is -2.31. The Labute approximate surface area is 250 Å². The second kappa shape index (κ2) is 11.4. The van der Waals surface area contributed by atoms with Gasteiger partial charge < -0.3 is 9.64 Å². The van der Waals surface area contributed by atoms with Gasteiger partial charge >= 0.3 is 6.09 Å². The lowest BCUT2D eigenvalue weighted by molar-refractivity contribution is -0.750. The maximum absolute atomic E-state index is 12.7. The van der Waals surface area contributed by atoms with Crippen molar-refractivity contribution in [2.45, 2.75) is 25.9 Å². The van der Waals surface area contributed by atoms with Gasteiger partial charge in [-0.25, -0.2) is 9.78 Å². The van der Waals surface area contributed by atoms with Crippen molar-refractivity contribution in [2.75, 3.05) is 13.1 Å². The number of quaternary nitrogens is 1. The number of benzene rings is 3. The zero-order valence-corrected chi connectivity index (χ0v) is 23.8. The topological polar surface area (TPSA) is 93.2 Å². The lowest BCUT2D eigenvalue weighted by atomic mass is 9.92. The van der Waals surface area contributed by atoms with Crippen LogP contribution in [-0.2, 0) is 11.3 Å². The van der Waals surface area contributed by atoms with Crippen LogP contribution in [0.1, 0.15) is 30.4 Å².